The van der Waals surface area contributed by atoms with E-state index >= 15 is 0 Å². The van der Waals surface area contributed by atoms with Gasteiger partial charge in [0.05, 0.1) is 0 Å². The zero-order chi connectivity index (χ0) is 10.8. The number of hydrogen-bond donors (Lipinski definition) is 0. The number of benzene rings is 1. The second-order valence-corrected chi connectivity index (χ2v) is 4.00. The van der Waals surface area contributed by atoms with Gasteiger partial charge in [-0.25, -0.2) is 0 Å². The van der Waals surface area contributed by atoms with Gasteiger partial charge in [-0.05, 0) is 23.6 Å². The summed E-state index contributed by atoms with van der Waals surface area (Å²) in [6.45, 7) is 2.06. The van der Waals surface area contributed by atoms with Gasteiger partial charge < -0.3 is 9.31 Å². The van der Waals surface area contributed by atoms with Crippen LogP contribution in [0.15, 0.2) is 18.2 Å². The first-order valence-corrected chi connectivity index (χ1v) is 5.10. The second kappa shape index (κ2) is 4.35. The van der Waals surface area contributed by atoms with Crippen LogP contribution in [0.3, 0.4) is 0 Å². The molecule has 0 bridgehead atoms. The Labute approximate surface area is 91.1 Å². The lowest BCUT2D eigenvalue weighted by Crippen LogP contribution is -2.34. The molecule has 0 radical (unpaired) electrons. The van der Waals surface area contributed by atoms with Crippen molar-refractivity contribution in [2.75, 3.05) is 21.3 Å². The van der Waals surface area contributed by atoms with Gasteiger partial charge in [-0.15, -0.1) is 0 Å². The van der Waals surface area contributed by atoms with Crippen molar-refractivity contribution in [3.63, 3.8) is 0 Å². The van der Waals surface area contributed by atoms with E-state index in [1.807, 2.05) is 0 Å². The largest absolute Gasteiger partial charge is 0.493 e. The number of fused-ring (bicyclic) bond motifs is 1. The van der Waals surface area contributed by atoms with Crippen LogP contribution < -0.4 is 5.46 Å². The summed E-state index contributed by atoms with van der Waals surface area (Å²) < 4.78 is 10.5. The Balaban J connectivity index is 2.26. The molecular weight excluding hydrogens is 189 g/mol. The summed E-state index contributed by atoms with van der Waals surface area (Å²) >= 11 is 0. The van der Waals surface area contributed by atoms with E-state index < -0.39 is 0 Å². The van der Waals surface area contributed by atoms with E-state index in [-0.39, 0.29) is 7.12 Å². The highest BCUT2D eigenvalue weighted by Crippen LogP contribution is 2.19. The molecule has 1 aromatic carbocycles. The van der Waals surface area contributed by atoms with Crippen molar-refractivity contribution in [3.05, 3.63) is 29.3 Å². The van der Waals surface area contributed by atoms with Gasteiger partial charge in [0.2, 0.25) is 0 Å². The third-order valence-corrected chi connectivity index (χ3v) is 2.81. The summed E-state index contributed by atoms with van der Waals surface area (Å²) in [7, 11) is 5.20. The van der Waals surface area contributed by atoms with Crippen molar-refractivity contribution in [3.8, 4) is 0 Å². The molecule has 0 N–H and O–H groups in total. The lowest BCUT2D eigenvalue weighted by atomic mass is 9.78. The molecule has 0 saturated carbocycles. The molecule has 4 heteroatoms. The topological polar surface area (TPSA) is 21.7 Å². The molecule has 80 valence electrons. The number of hydrogen-bond acceptors (Lipinski definition) is 3. The fourth-order valence-electron chi connectivity index (χ4n) is 2.10. The van der Waals surface area contributed by atoms with Gasteiger partial charge in [0.1, 0.15) is 0 Å². The highest BCUT2D eigenvalue weighted by molar-refractivity contribution is 6.61. The van der Waals surface area contributed by atoms with Crippen molar-refractivity contribution in [1.29, 1.82) is 0 Å². The fraction of sp³-hybridized carbons (Fsp3) is 0.455. The van der Waals surface area contributed by atoms with Crippen LogP contribution in [0.5, 0.6) is 0 Å². The minimum absolute atomic E-state index is 0.249. The van der Waals surface area contributed by atoms with E-state index in [2.05, 4.69) is 30.1 Å². The van der Waals surface area contributed by atoms with E-state index in [1.54, 1.807) is 14.2 Å². The van der Waals surface area contributed by atoms with Crippen LogP contribution >= 0.6 is 0 Å². The maximum atomic E-state index is 5.24. The predicted molar refractivity (Wildman–Crippen MR) is 61.0 cm³/mol. The SMILES string of the molecule is COB(OC)c1ccc2c(c1)CN(C)C2. The van der Waals surface area contributed by atoms with E-state index in [0.717, 1.165) is 18.6 Å². The smallest absolute Gasteiger partial charge is 0.410 e. The zero-order valence-corrected chi connectivity index (χ0v) is 9.49. The normalized spacial score (nSPS) is 15.4. The van der Waals surface area contributed by atoms with E-state index in [4.69, 9.17) is 9.31 Å². The third-order valence-electron chi connectivity index (χ3n) is 2.81. The van der Waals surface area contributed by atoms with Crippen LogP contribution in [0.1, 0.15) is 11.1 Å². The third kappa shape index (κ3) is 2.07. The number of nitrogens with zero attached hydrogens (tertiary/aromatic N) is 1. The first kappa shape index (κ1) is 10.7. The molecule has 1 aliphatic heterocycles. The molecule has 0 unspecified atom stereocenters. The van der Waals surface area contributed by atoms with Crippen LogP contribution in [0, 0.1) is 0 Å². The van der Waals surface area contributed by atoms with E-state index in [9.17, 15) is 0 Å². The summed E-state index contributed by atoms with van der Waals surface area (Å²) in [4.78, 5) is 2.29. The Hall–Kier alpha value is -0.835. The van der Waals surface area contributed by atoms with Crippen molar-refractivity contribution in [1.82, 2.24) is 4.90 Å². The predicted octanol–water partition coefficient (Wildman–Crippen LogP) is 0.620. The quantitative estimate of drug-likeness (QED) is 0.675. The minimum atomic E-state index is -0.249. The average molecular weight is 205 g/mol. The minimum Gasteiger partial charge on any atom is -0.410 e. The van der Waals surface area contributed by atoms with Crippen LogP contribution in [0.2, 0.25) is 0 Å². The molecule has 1 aliphatic rings. The van der Waals surface area contributed by atoms with Gasteiger partial charge in [0, 0.05) is 27.3 Å². The van der Waals surface area contributed by atoms with Crippen molar-refractivity contribution < 1.29 is 9.31 Å². The Morgan fingerprint density at radius 2 is 1.80 bits per heavy atom. The number of rotatable bonds is 3. The van der Waals surface area contributed by atoms with Crippen LogP contribution in [0.4, 0.5) is 0 Å². The molecule has 2 rings (SSSR count). The van der Waals surface area contributed by atoms with Crippen LogP contribution in [0.25, 0.3) is 0 Å². The Bertz CT molecular complexity index is 352. The van der Waals surface area contributed by atoms with Gasteiger partial charge in [0.15, 0.2) is 0 Å². The van der Waals surface area contributed by atoms with Crippen LogP contribution in [-0.4, -0.2) is 33.3 Å². The second-order valence-electron chi connectivity index (χ2n) is 4.00. The zero-order valence-electron chi connectivity index (χ0n) is 9.49. The standard InChI is InChI=1S/C11H16BNO2/c1-13-7-9-4-5-11(6-10(9)8-13)12(14-2)15-3/h4-6H,7-8H2,1-3H3. The summed E-state index contributed by atoms with van der Waals surface area (Å²) in [6, 6.07) is 6.42. The summed E-state index contributed by atoms with van der Waals surface area (Å²) in [5.74, 6) is 0. The Kier molecular flexibility index (Phi) is 3.10. The van der Waals surface area contributed by atoms with Crippen LogP contribution in [-0.2, 0) is 22.4 Å². The maximum Gasteiger partial charge on any atom is 0.493 e. The van der Waals surface area contributed by atoms with Crippen molar-refractivity contribution in [2.45, 2.75) is 13.1 Å². The van der Waals surface area contributed by atoms with Gasteiger partial charge >= 0.3 is 7.12 Å². The van der Waals surface area contributed by atoms with E-state index in [0.29, 0.717) is 0 Å². The summed E-state index contributed by atoms with van der Waals surface area (Å²) in [5.41, 5.74) is 3.88. The molecule has 0 saturated heterocycles. The molecule has 1 heterocycles. The molecule has 0 atom stereocenters. The molecule has 1 aromatic rings. The van der Waals surface area contributed by atoms with Crippen molar-refractivity contribution in [2.24, 2.45) is 0 Å². The van der Waals surface area contributed by atoms with Gasteiger partial charge in [0.25, 0.3) is 0 Å². The van der Waals surface area contributed by atoms with Gasteiger partial charge in [-0.2, -0.15) is 0 Å². The monoisotopic (exact) mass is 205 g/mol. The molecule has 15 heavy (non-hydrogen) atoms. The maximum absolute atomic E-state index is 5.24. The molecule has 0 spiro atoms. The summed E-state index contributed by atoms with van der Waals surface area (Å²) in [5, 5.41) is 0. The molecule has 0 fully saturated rings. The molecule has 0 aromatic heterocycles. The highest BCUT2D eigenvalue weighted by atomic mass is 16.6. The van der Waals surface area contributed by atoms with Gasteiger partial charge in [-0.1, -0.05) is 18.2 Å². The average Bonchev–Trinajstić information content (AvgIpc) is 2.59. The first-order chi connectivity index (χ1) is 7.24. The molecule has 3 nitrogen and oxygen atoms in total. The van der Waals surface area contributed by atoms with Crippen molar-refractivity contribution >= 4 is 12.6 Å². The summed E-state index contributed by atoms with van der Waals surface area (Å²) in [6.07, 6.45) is 0. The van der Waals surface area contributed by atoms with E-state index in [1.165, 1.54) is 11.1 Å². The fourth-order valence-corrected chi connectivity index (χ4v) is 2.10. The Morgan fingerprint density at radius 1 is 1.13 bits per heavy atom. The molecule has 0 aliphatic carbocycles. The lowest BCUT2D eigenvalue weighted by Gasteiger charge is -2.09. The lowest BCUT2D eigenvalue weighted by molar-refractivity contribution is 0.292. The first-order valence-electron chi connectivity index (χ1n) is 5.10. The molecule has 0 amide bonds. The Morgan fingerprint density at radius 3 is 2.47 bits per heavy atom. The van der Waals surface area contributed by atoms with Gasteiger partial charge in [-0.3, -0.25) is 4.90 Å². The highest BCUT2D eigenvalue weighted by Gasteiger charge is 2.22. The molecular formula is C11H16BNO2.